The summed E-state index contributed by atoms with van der Waals surface area (Å²) in [7, 11) is 0. The van der Waals surface area contributed by atoms with Crippen LogP contribution in [0.5, 0.6) is 0 Å². The van der Waals surface area contributed by atoms with Crippen LogP contribution in [0, 0.1) is 5.92 Å². The standard InChI is InChI=1S/C16H22N2O2S/c1-12(2)17-16(20)13-7-9-18(10-8-13)15(19)6-5-14-4-3-11-21-14/h3-6,11-13H,7-10H2,1-2H3,(H,17,20)/b6-5+. The van der Waals surface area contributed by atoms with Crippen molar-refractivity contribution in [3.63, 3.8) is 0 Å². The van der Waals surface area contributed by atoms with Crippen LogP contribution < -0.4 is 5.32 Å². The van der Waals surface area contributed by atoms with Crippen molar-refractivity contribution in [1.82, 2.24) is 10.2 Å². The molecule has 4 nitrogen and oxygen atoms in total. The summed E-state index contributed by atoms with van der Waals surface area (Å²) in [5.74, 6) is 0.190. The molecule has 1 aromatic heterocycles. The quantitative estimate of drug-likeness (QED) is 0.869. The third-order valence-electron chi connectivity index (χ3n) is 3.54. The third kappa shape index (κ3) is 4.70. The van der Waals surface area contributed by atoms with Gasteiger partial charge in [-0.05, 0) is 44.2 Å². The van der Waals surface area contributed by atoms with Gasteiger partial charge in [-0.15, -0.1) is 11.3 Å². The first kappa shape index (κ1) is 15.8. The monoisotopic (exact) mass is 306 g/mol. The highest BCUT2D eigenvalue weighted by atomic mass is 32.1. The summed E-state index contributed by atoms with van der Waals surface area (Å²) in [6.07, 6.45) is 4.97. The van der Waals surface area contributed by atoms with Gasteiger partial charge in [-0.25, -0.2) is 0 Å². The van der Waals surface area contributed by atoms with E-state index in [2.05, 4.69) is 5.32 Å². The van der Waals surface area contributed by atoms with Gasteiger partial charge < -0.3 is 10.2 Å². The average molecular weight is 306 g/mol. The van der Waals surface area contributed by atoms with Gasteiger partial charge >= 0.3 is 0 Å². The Hall–Kier alpha value is -1.62. The molecule has 1 fully saturated rings. The smallest absolute Gasteiger partial charge is 0.246 e. The van der Waals surface area contributed by atoms with Gasteiger partial charge in [0, 0.05) is 36.0 Å². The van der Waals surface area contributed by atoms with Gasteiger partial charge in [0.05, 0.1) is 0 Å². The van der Waals surface area contributed by atoms with Gasteiger partial charge in [-0.1, -0.05) is 6.07 Å². The minimum absolute atomic E-state index is 0.0334. The topological polar surface area (TPSA) is 49.4 Å². The molecular weight excluding hydrogens is 284 g/mol. The molecule has 0 bridgehead atoms. The summed E-state index contributed by atoms with van der Waals surface area (Å²) in [5.41, 5.74) is 0. The molecule has 1 aliphatic heterocycles. The first-order chi connectivity index (χ1) is 10.1. The lowest BCUT2D eigenvalue weighted by atomic mass is 9.95. The Kier molecular flexibility index (Phi) is 5.56. The van der Waals surface area contributed by atoms with Gasteiger partial charge in [0.2, 0.25) is 11.8 Å². The third-order valence-corrected chi connectivity index (χ3v) is 4.38. The van der Waals surface area contributed by atoms with Gasteiger partial charge in [0.25, 0.3) is 0 Å². The largest absolute Gasteiger partial charge is 0.354 e. The van der Waals surface area contributed by atoms with Crippen LogP contribution >= 0.6 is 11.3 Å². The van der Waals surface area contributed by atoms with Gasteiger partial charge in [-0.3, -0.25) is 9.59 Å². The molecule has 0 unspecified atom stereocenters. The van der Waals surface area contributed by atoms with Gasteiger partial charge in [-0.2, -0.15) is 0 Å². The molecular formula is C16H22N2O2S. The number of carbonyl (C=O) groups is 2. The number of carbonyl (C=O) groups excluding carboxylic acids is 2. The van der Waals surface area contributed by atoms with Crippen LogP contribution in [-0.4, -0.2) is 35.8 Å². The summed E-state index contributed by atoms with van der Waals surface area (Å²) in [4.78, 5) is 26.9. The van der Waals surface area contributed by atoms with E-state index in [9.17, 15) is 9.59 Å². The first-order valence-electron chi connectivity index (χ1n) is 7.37. The number of nitrogens with zero attached hydrogens (tertiary/aromatic N) is 1. The van der Waals surface area contributed by atoms with Crippen LogP contribution in [0.25, 0.3) is 6.08 Å². The fourth-order valence-electron chi connectivity index (χ4n) is 2.41. The summed E-state index contributed by atoms with van der Waals surface area (Å²) in [6.45, 7) is 5.24. The normalized spacial score (nSPS) is 16.6. The van der Waals surface area contributed by atoms with Crippen LogP contribution in [0.2, 0.25) is 0 Å². The molecule has 5 heteroatoms. The Morgan fingerprint density at radius 2 is 2.10 bits per heavy atom. The average Bonchev–Trinajstić information content (AvgIpc) is 2.97. The van der Waals surface area contributed by atoms with E-state index in [1.807, 2.05) is 42.3 Å². The molecule has 1 N–H and O–H groups in total. The fraction of sp³-hybridized carbons (Fsp3) is 0.500. The van der Waals surface area contributed by atoms with Crippen LogP contribution in [-0.2, 0) is 9.59 Å². The van der Waals surface area contributed by atoms with Crippen LogP contribution in [0.4, 0.5) is 0 Å². The van der Waals surface area contributed by atoms with Crippen molar-refractivity contribution in [2.75, 3.05) is 13.1 Å². The van der Waals surface area contributed by atoms with Crippen molar-refractivity contribution >= 4 is 29.2 Å². The van der Waals surface area contributed by atoms with E-state index in [1.54, 1.807) is 17.4 Å². The Balaban J connectivity index is 1.80. The number of nitrogens with one attached hydrogen (secondary N) is 1. The number of amides is 2. The van der Waals surface area contributed by atoms with Crippen LogP contribution in [0.15, 0.2) is 23.6 Å². The second kappa shape index (κ2) is 7.41. The van der Waals surface area contributed by atoms with Gasteiger partial charge in [0.15, 0.2) is 0 Å². The zero-order valence-electron chi connectivity index (χ0n) is 12.5. The molecule has 1 aliphatic rings. The number of thiophene rings is 1. The van der Waals surface area contributed by atoms with E-state index in [1.165, 1.54) is 0 Å². The lowest BCUT2D eigenvalue weighted by molar-refractivity contribution is -0.132. The van der Waals surface area contributed by atoms with Crippen molar-refractivity contribution in [2.24, 2.45) is 5.92 Å². The highest BCUT2D eigenvalue weighted by molar-refractivity contribution is 7.10. The molecule has 2 heterocycles. The minimum Gasteiger partial charge on any atom is -0.354 e. The molecule has 0 spiro atoms. The van der Waals surface area contributed by atoms with E-state index in [0.717, 1.165) is 17.7 Å². The van der Waals surface area contributed by atoms with E-state index >= 15 is 0 Å². The Morgan fingerprint density at radius 1 is 1.38 bits per heavy atom. The molecule has 0 radical (unpaired) electrons. The molecule has 0 atom stereocenters. The number of hydrogen-bond donors (Lipinski definition) is 1. The molecule has 2 amide bonds. The van der Waals surface area contributed by atoms with Crippen molar-refractivity contribution in [2.45, 2.75) is 32.7 Å². The lowest BCUT2D eigenvalue weighted by Crippen LogP contribution is -2.43. The summed E-state index contributed by atoms with van der Waals surface area (Å²) < 4.78 is 0. The summed E-state index contributed by atoms with van der Waals surface area (Å²) >= 11 is 1.61. The molecule has 114 valence electrons. The molecule has 2 rings (SSSR count). The highest BCUT2D eigenvalue weighted by Gasteiger charge is 2.26. The Morgan fingerprint density at radius 3 is 2.67 bits per heavy atom. The van der Waals surface area contributed by atoms with Gasteiger partial charge in [0.1, 0.15) is 0 Å². The fourth-order valence-corrected chi connectivity index (χ4v) is 3.03. The zero-order chi connectivity index (χ0) is 15.2. The van der Waals surface area contributed by atoms with Crippen LogP contribution in [0.3, 0.4) is 0 Å². The molecule has 0 aromatic carbocycles. The van der Waals surface area contributed by atoms with E-state index < -0.39 is 0 Å². The SMILES string of the molecule is CC(C)NC(=O)C1CCN(C(=O)/C=C/c2cccs2)CC1. The number of likely N-dealkylation sites (tertiary alicyclic amines) is 1. The number of hydrogen-bond acceptors (Lipinski definition) is 3. The maximum atomic E-state index is 12.1. The van der Waals surface area contributed by atoms with Crippen LogP contribution in [0.1, 0.15) is 31.6 Å². The predicted molar refractivity (Wildman–Crippen MR) is 85.9 cm³/mol. The zero-order valence-corrected chi connectivity index (χ0v) is 13.4. The molecule has 21 heavy (non-hydrogen) atoms. The van der Waals surface area contributed by atoms with E-state index in [-0.39, 0.29) is 23.8 Å². The van der Waals surface area contributed by atoms with Crippen molar-refractivity contribution in [1.29, 1.82) is 0 Å². The number of piperidine rings is 1. The Bertz CT molecular complexity index is 500. The summed E-state index contributed by atoms with van der Waals surface area (Å²) in [6, 6.07) is 4.12. The molecule has 0 saturated carbocycles. The summed E-state index contributed by atoms with van der Waals surface area (Å²) in [5, 5.41) is 4.93. The van der Waals surface area contributed by atoms with E-state index in [0.29, 0.717) is 13.1 Å². The van der Waals surface area contributed by atoms with Crippen molar-refractivity contribution < 1.29 is 9.59 Å². The first-order valence-corrected chi connectivity index (χ1v) is 8.25. The highest BCUT2D eigenvalue weighted by Crippen LogP contribution is 2.18. The number of rotatable bonds is 4. The predicted octanol–water partition coefficient (Wildman–Crippen LogP) is 2.52. The minimum atomic E-state index is 0.0334. The van der Waals surface area contributed by atoms with Crippen molar-refractivity contribution in [3.05, 3.63) is 28.5 Å². The maximum Gasteiger partial charge on any atom is 0.246 e. The second-order valence-corrected chi connectivity index (χ2v) is 6.59. The molecule has 1 aromatic rings. The molecule has 0 aliphatic carbocycles. The Labute approximate surface area is 129 Å². The molecule has 1 saturated heterocycles. The lowest BCUT2D eigenvalue weighted by Gasteiger charge is -2.31. The van der Waals surface area contributed by atoms with E-state index in [4.69, 9.17) is 0 Å². The maximum absolute atomic E-state index is 12.1. The second-order valence-electron chi connectivity index (χ2n) is 5.61. The van der Waals surface area contributed by atoms with Crippen molar-refractivity contribution in [3.8, 4) is 0 Å².